The van der Waals surface area contributed by atoms with E-state index >= 15 is 0 Å². The fraction of sp³-hybridized carbons (Fsp3) is 0.300. The van der Waals surface area contributed by atoms with Crippen LogP contribution >= 0.6 is 0 Å². The van der Waals surface area contributed by atoms with Crippen molar-refractivity contribution >= 4 is 17.0 Å². The van der Waals surface area contributed by atoms with Gasteiger partial charge in [-0.2, -0.15) is 0 Å². The fourth-order valence-electron chi connectivity index (χ4n) is 2.87. The van der Waals surface area contributed by atoms with E-state index in [1.54, 1.807) is 13.0 Å². The maximum absolute atomic E-state index is 12.2. The lowest BCUT2D eigenvalue weighted by Crippen LogP contribution is -2.07. The molecule has 2 aromatic carbocycles. The molecule has 0 unspecified atom stereocenters. The Morgan fingerprint density at radius 2 is 1.88 bits per heavy atom. The number of aromatic nitrogens is 2. The molecule has 0 spiro atoms. The van der Waals surface area contributed by atoms with Crippen LogP contribution in [0.25, 0.3) is 11.0 Å². The number of benzene rings is 2. The third-order valence-corrected chi connectivity index (χ3v) is 4.00. The molecule has 3 rings (SSSR count). The van der Waals surface area contributed by atoms with Gasteiger partial charge in [0.05, 0.1) is 24.3 Å². The van der Waals surface area contributed by atoms with Gasteiger partial charge in [-0.15, -0.1) is 0 Å². The number of carbonyl (C=O) groups excluding carboxylic acids is 1. The SMILES string of the molecule is CCOC(=O)c1cc(OCC)c2nc(C)n(Cc3ccccc3)c2c1. The number of imidazole rings is 1. The third-order valence-electron chi connectivity index (χ3n) is 4.00. The molecule has 0 saturated heterocycles. The van der Waals surface area contributed by atoms with Gasteiger partial charge in [-0.1, -0.05) is 30.3 Å². The highest BCUT2D eigenvalue weighted by Gasteiger charge is 2.17. The van der Waals surface area contributed by atoms with E-state index in [4.69, 9.17) is 9.47 Å². The van der Waals surface area contributed by atoms with Crippen molar-refractivity contribution in [1.82, 2.24) is 9.55 Å². The molecule has 1 heterocycles. The summed E-state index contributed by atoms with van der Waals surface area (Å²) in [5.41, 5.74) is 3.29. The fourth-order valence-corrected chi connectivity index (χ4v) is 2.87. The number of hydrogen-bond donors (Lipinski definition) is 0. The van der Waals surface area contributed by atoms with Crippen LogP contribution in [0.1, 0.15) is 35.6 Å². The number of ether oxygens (including phenoxy) is 2. The number of hydrogen-bond acceptors (Lipinski definition) is 4. The van der Waals surface area contributed by atoms with Crippen molar-refractivity contribution in [3.8, 4) is 5.75 Å². The van der Waals surface area contributed by atoms with Crippen LogP contribution in [-0.4, -0.2) is 28.7 Å². The van der Waals surface area contributed by atoms with E-state index in [1.807, 2.05) is 38.1 Å². The van der Waals surface area contributed by atoms with Gasteiger partial charge in [-0.25, -0.2) is 9.78 Å². The monoisotopic (exact) mass is 338 g/mol. The lowest BCUT2D eigenvalue weighted by atomic mass is 10.1. The summed E-state index contributed by atoms with van der Waals surface area (Å²) < 4.78 is 13.0. The van der Waals surface area contributed by atoms with Crippen LogP contribution in [0, 0.1) is 6.92 Å². The molecule has 0 saturated carbocycles. The first-order chi connectivity index (χ1) is 12.1. The second-order valence-corrected chi connectivity index (χ2v) is 5.73. The highest BCUT2D eigenvalue weighted by atomic mass is 16.5. The number of fused-ring (bicyclic) bond motifs is 1. The van der Waals surface area contributed by atoms with Crippen LogP contribution < -0.4 is 4.74 Å². The minimum Gasteiger partial charge on any atom is -0.492 e. The molecule has 0 amide bonds. The zero-order valence-electron chi connectivity index (χ0n) is 14.8. The van der Waals surface area contributed by atoms with E-state index in [0.29, 0.717) is 31.1 Å². The Labute approximate surface area is 147 Å². The minimum absolute atomic E-state index is 0.336. The number of carbonyl (C=O) groups is 1. The largest absolute Gasteiger partial charge is 0.492 e. The van der Waals surface area contributed by atoms with Crippen LogP contribution in [0.3, 0.4) is 0 Å². The van der Waals surface area contributed by atoms with Gasteiger partial charge in [-0.3, -0.25) is 0 Å². The molecule has 0 atom stereocenters. The average Bonchev–Trinajstić information content (AvgIpc) is 2.92. The topological polar surface area (TPSA) is 53.4 Å². The van der Waals surface area contributed by atoms with E-state index in [-0.39, 0.29) is 5.97 Å². The van der Waals surface area contributed by atoms with Crippen molar-refractivity contribution in [3.05, 3.63) is 59.4 Å². The maximum Gasteiger partial charge on any atom is 0.338 e. The van der Waals surface area contributed by atoms with Crippen molar-refractivity contribution in [3.63, 3.8) is 0 Å². The minimum atomic E-state index is -0.351. The van der Waals surface area contributed by atoms with Crippen LogP contribution in [-0.2, 0) is 11.3 Å². The van der Waals surface area contributed by atoms with Crippen molar-refractivity contribution < 1.29 is 14.3 Å². The molecule has 130 valence electrons. The van der Waals surface area contributed by atoms with Gasteiger partial charge < -0.3 is 14.0 Å². The Morgan fingerprint density at radius 1 is 1.12 bits per heavy atom. The highest BCUT2D eigenvalue weighted by molar-refractivity contribution is 5.96. The molecule has 25 heavy (non-hydrogen) atoms. The van der Waals surface area contributed by atoms with Gasteiger partial charge in [0.1, 0.15) is 17.1 Å². The molecule has 0 fully saturated rings. The van der Waals surface area contributed by atoms with E-state index in [2.05, 4.69) is 21.7 Å². The lowest BCUT2D eigenvalue weighted by Gasteiger charge is -2.10. The molecule has 0 aliphatic rings. The zero-order valence-corrected chi connectivity index (χ0v) is 14.8. The first-order valence-corrected chi connectivity index (χ1v) is 8.48. The molecule has 0 N–H and O–H groups in total. The molecule has 0 aliphatic heterocycles. The number of esters is 1. The second kappa shape index (κ2) is 7.38. The Balaban J connectivity index is 2.13. The van der Waals surface area contributed by atoms with Crippen molar-refractivity contribution in [2.45, 2.75) is 27.3 Å². The smallest absolute Gasteiger partial charge is 0.338 e. The summed E-state index contributed by atoms with van der Waals surface area (Å²) in [4.78, 5) is 16.9. The predicted molar refractivity (Wildman–Crippen MR) is 97.1 cm³/mol. The van der Waals surface area contributed by atoms with Crippen LogP contribution in [0.4, 0.5) is 0 Å². The summed E-state index contributed by atoms with van der Waals surface area (Å²) in [7, 11) is 0. The molecule has 5 heteroatoms. The summed E-state index contributed by atoms with van der Waals surface area (Å²) in [6.07, 6.45) is 0. The van der Waals surface area contributed by atoms with Gasteiger partial charge in [-0.05, 0) is 38.5 Å². The van der Waals surface area contributed by atoms with Crippen LogP contribution in [0.2, 0.25) is 0 Å². The van der Waals surface area contributed by atoms with Gasteiger partial charge in [0.15, 0.2) is 0 Å². The van der Waals surface area contributed by atoms with Gasteiger partial charge >= 0.3 is 5.97 Å². The van der Waals surface area contributed by atoms with Gasteiger partial charge in [0, 0.05) is 6.54 Å². The molecule has 5 nitrogen and oxygen atoms in total. The number of rotatable bonds is 6. The summed E-state index contributed by atoms with van der Waals surface area (Å²) >= 11 is 0. The normalized spacial score (nSPS) is 10.8. The first-order valence-electron chi connectivity index (χ1n) is 8.48. The second-order valence-electron chi connectivity index (χ2n) is 5.73. The number of aryl methyl sites for hydroxylation is 1. The number of nitrogens with zero attached hydrogens (tertiary/aromatic N) is 2. The summed E-state index contributed by atoms with van der Waals surface area (Å²) in [5, 5.41) is 0. The van der Waals surface area contributed by atoms with Gasteiger partial charge in [0.2, 0.25) is 0 Å². The molecule has 0 aliphatic carbocycles. The van der Waals surface area contributed by atoms with E-state index in [1.165, 1.54) is 5.56 Å². The molecule has 3 aromatic rings. The van der Waals surface area contributed by atoms with E-state index in [9.17, 15) is 4.79 Å². The zero-order chi connectivity index (χ0) is 17.8. The summed E-state index contributed by atoms with van der Waals surface area (Å²) in [6, 6.07) is 13.7. The van der Waals surface area contributed by atoms with Crippen LogP contribution in [0.15, 0.2) is 42.5 Å². The van der Waals surface area contributed by atoms with E-state index < -0.39 is 0 Å². The molecular formula is C20H22N2O3. The standard InChI is InChI=1S/C20H22N2O3/c1-4-24-18-12-16(20(23)25-5-2)11-17-19(18)21-14(3)22(17)13-15-9-7-6-8-10-15/h6-12H,4-5,13H2,1-3H3. The summed E-state index contributed by atoms with van der Waals surface area (Å²) in [5.74, 6) is 1.13. The first kappa shape index (κ1) is 17.0. The molecule has 0 radical (unpaired) electrons. The Hall–Kier alpha value is -2.82. The summed E-state index contributed by atoms with van der Waals surface area (Å²) in [6.45, 7) is 7.19. The molecule has 0 bridgehead atoms. The third kappa shape index (κ3) is 3.50. The Kier molecular flexibility index (Phi) is 5.03. The van der Waals surface area contributed by atoms with Crippen molar-refractivity contribution in [1.29, 1.82) is 0 Å². The Morgan fingerprint density at radius 3 is 2.56 bits per heavy atom. The van der Waals surface area contributed by atoms with Crippen molar-refractivity contribution in [2.24, 2.45) is 0 Å². The quantitative estimate of drug-likeness (QED) is 0.638. The average molecular weight is 338 g/mol. The lowest BCUT2D eigenvalue weighted by molar-refractivity contribution is 0.0526. The molecular weight excluding hydrogens is 316 g/mol. The van der Waals surface area contributed by atoms with E-state index in [0.717, 1.165) is 16.9 Å². The maximum atomic E-state index is 12.2. The van der Waals surface area contributed by atoms with Gasteiger partial charge in [0.25, 0.3) is 0 Å². The predicted octanol–water partition coefficient (Wildman–Crippen LogP) is 3.97. The Bertz CT molecular complexity index is 885. The molecule has 1 aromatic heterocycles. The highest BCUT2D eigenvalue weighted by Crippen LogP contribution is 2.29. The van der Waals surface area contributed by atoms with Crippen LogP contribution in [0.5, 0.6) is 5.75 Å². The van der Waals surface area contributed by atoms with Crippen molar-refractivity contribution in [2.75, 3.05) is 13.2 Å².